The summed E-state index contributed by atoms with van der Waals surface area (Å²) >= 11 is 0. The summed E-state index contributed by atoms with van der Waals surface area (Å²) in [5.74, 6) is -0.936. The Labute approximate surface area is 165 Å². The molecule has 1 heterocycles. The van der Waals surface area contributed by atoms with Crippen molar-refractivity contribution >= 4 is 17.7 Å². The number of piperazine rings is 1. The monoisotopic (exact) mass is 381 g/mol. The number of nitrogens with one attached hydrogen (secondary N) is 1. The quantitative estimate of drug-likeness (QED) is 0.833. The molecule has 2 aromatic carbocycles. The number of amides is 2. The SMILES string of the molecule is Cc1ccc(C)c(N2CCN(C(=O)N[C@@H](CC(=O)O)c3ccccc3)CC2)c1. The third-order valence-electron chi connectivity index (χ3n) is 5.15. The van der Waals surface area contributed by atoms with Gasteiger partial charge in [0, 0.05) is 31.9 Å². The molecular formula is C22H27N3O3. The summed E-state index contributed by atoms with van der Waals surface area (Å²) in [6, 6.07) is 14.9. The number of carbonyl (C=O) groups is 2. The number of aliphatic carboxylic acids is 1. The van der Waals surface area contributed by atoms with Crippen LogP contribution in [0.2, 0.25) is 0 Å². The summed E-state index contributed by atoms with van der Waals surface area (Å²) in [6.45, 7) is 6.91. The number of hydrogen-bond acceptors (Lipinski definition) is 3. The molecule has 1 aliphatic rings. The Kier molecular flexibility index (Phi) is 6.19. The van der Waals surface area contributed by atoms with E-state index in [9.17, 15) is 14.7 Å². The van der Waals surface area contributed by atoms with Gasteiger partial charge in [0.1, 0.15) is 0 Å². The molecule has 1 saturated heterocycles. The van der Waals surface area contributed by atoms with Crippen LogP contribution < -0.4 is 10.2 Å². The van der Waals surface area contributed by atoms with Crippen molar-refractivity contribution in [2.45, 2.75) is 26.3 Å². The third-order valence-corrected chi connectivity index (χ3v) is 5.15. The number of carboxylic acid groups (broad SMARTS) is 1. The fourth-order valence-corrected chi connectivity index (χ4v) is 3.56. The number of carboxylic acids is 1. The molecule has 0 saturated carbocycles. The lowest BCUT2D eigenvalue weighted by Gasteiger charge is -2.37. The predicted molar refractivity (Wildman–Crippen MR) is 110 cm³/mol. The smallest absolute Gasteiger partial charge is 0.318 e. The van der Waals surface area contributed by atoms with Gasteiger partial charge in [-0.15, -0.1) is 0 Å². The van der Waals surface area contributed by atoms with Crippen LogP contribution in [0.15, 0.2) is 48.5 Å². The molecule has 0 spiro atoms. The van der Waals surface area contributed by atoms with Gasteiger partial charge >= 0.3 is 12.0 Å². The Hall–Kier alpha value is -3.02. The molecule has 28 heavy (non-hydrogen) atoms. The van der Waals surface area contributed by atoms with Crippen molar-refractivity contribution in [1.29, 1.82) is 0 Å². The summed E-state index contributed by atoms with van der Waals surface area (Å²) in [6.07, 6.45) is -0.141. The van der Waals surface area contributed by atoms with Gasteiger partial charge in [-0.2, -0.15) is 0 Å². The van der Waals surface area contributed by atoms with E-state index < -0.39 is 12.0 Å². The highest BCUT2D eigenvalue weighted by Crippen LogP contribution is 2.23. The Morgan fingerprint density at radius 2 is 1.71 bits per heavy atom. The van der Waals surface area contributed by atoms with Gasteiger partial charge in [-0.05, 0) is 36.6 Å². The maximum absolute atomic E-state index is 12.7. The second-order valence-corrected chi connectivity index (χ2v) is 7.27. The summed E-state index contributed by atoms with van der Waals surface area (Å²) in [7, 11) is 0. The molecule has 0 aliphatic carbocycles. The number of anilines is 1. The van der Waals surface area contributed by atoms with E-state index in [1.807, 2.05) is 30.3 Å². The van der Waals surface area contributed by atoms with Crippen LogP contribution in [-0.2, 0) is 4.79 Å². The Morgan fingerprint density at radius 1 is 1.04 bits per heavy atom. The number of rotatable bonds is 5. The van der Waals surface area contributed by atoms with E-state index in [0.29, 0.717) is 13.1 Å². The molecule has 3 rings (SSSR count). The molecule has 1 fully saturated rings. The number of carbonyl (C=O) groups excluding carboxylic acids is 1. The maximum atomic E-state index is 12.7. The molecule has 0 aromatic heterocycles. The molecule has 2 aromatic rings. The Bertz CT molecular complexity index is 830. The van der Waals surface area contributed by atoms with Crippen molar-refractivity contribution < 1.29 is 14.7 Å². The minimum absolute atomic E-state index is 0.141. The number of urea groups is 1. The predicted octanol–water partition coefficient (Wildman–Crippen LogP) is 3.35. The van der Waals surface area contributed by atoms with Gasteiger partial charge in [0.25, 0.3) is 0 Å². The van der Waals surface area contributed by atoms with Crippen LogP contribution in [0.5, 0.6) is 0 Å². The molecule has 2 amide bonds. The standard InChI is InChI=1S/C22H27N3O3/c1-16-8-9-17(2)20(14-16)24-10-12-25(13-11-24)22(28)23-19(15-21(26)27)18-6-4-3-5-7-18/h3-9,14,19H,10-13,15H2,1-2H3,(H,23,28)(H,26,27)/t19-/m0/s1. The van der Waals surface area contributed by atoms with Gasteiger partial charge in [-0.25, -0.2) is 4.79 Å². The fourth-order valence-electron chi connectivity index (χ4n) is 3.56. The van der Waals surface area contributed by atoms with Crippen molar-refractivity contribution in [2.24, 2.45) is 0 Å². The largest absolute Gasteiger partial charge is 0.481 e. The van der Waals surface area contributed by atoms with Crippen LogP contribution in [0.4, 0.5) is 10.5 Å². The van der Waals surface area contributed by atoms with Gasteiger partial charge in [0.05, 0.1) is 12.5 Å². The molecule has 0 unspecified atom stereocenters. The second kappa shape index (κ2) is 8.78. The lowest BCUT2D eigenvalue weighted by molar-refractivity contribution is -0.137. The number of aryl methyl sites for hydroxylation is 2. The van der Waals surface area contributed by atoms with Crippen LogP contribution in [0.1, 0.15) is 29.2 Å². The topological polar surface area (TPSA) is 72.9 Å². The average molecular weight is 381 g/mol. The molecule has 1 atom stereocenters. The van der Waals surface area contributed by atoms with Gasteiger partial charge in [-0.3, -0.25) is 4.79 Å². The van der Waals surface area contributed by atoms with E-state index in [0.717, 1.165) is 18.7 Å². The first-order valence-electron chi connectivity index (χ1n) is 9.58. The molecule has 0 bridgehead atoms. The van der Waals surface area contributed by atoms with Gasteiger partial charge in [-0.1, -0.05) is 42.5 Å². The lowest BCUT2D eigenvalue weighted by atomic mass is 10.0. The van der Waals surface area contributed by atoms with Crippen molar-refractivity contribution in [3.8, 4) is 0 Å². The van der Waals surface area contributed by atoms with Gasteiger partial charge in [0.15, 0.2) is 0 Å². The van der Waals surface area contributed by atoms with Crippen molar-refractivity contribution in [1.82, 2.24) is 10.2 Å². The lowest BCUT2D eigenvalue weighted by Crippen LogP contribution is -2.52. The van der Waals surface area contributed by atoms with Crippen LogP contribution >= 0.6 is 0 Å². The summed E-state index contributed by atoms with van der Waals surface area (Å²) in [4.78, 5) is 28.0. The highest BCUT2D eigenvalue weighted by Gasteiger charge is 2.25. The van der Waals surface area contributed by atoms with Crippen LogP contribution in [0.3, 0.4) is 0 Å². The van der Waals surface area contributed by atoms with E-state index in [1.165, 1.54) is 16.8 Å². The van der Waals surface area contributed by atoms with Crippen molar-refractivity contribution in [3.05, 3.63) is 65.2 Å². The minimum atomic E-state index is -0.936. The molecule has 6 nitrogen and oxygen atoms in total. The second-order valence-electron chi connectivity index (χ2n) is 7.27. The zero-order valence-electron chi connectivity index (χ0n) is 16.4. The molecule has 0 radical (unpaired) electrons. The molecule has 148 valence electrons. The Balaban J connectivity index is 1.62. The summed E-state index contributed by atoms with van der Waals surface area (Å²) in [5, 5.41) is 12.1. The van der Waals surface area contributed by atoms with E-state index >= 15 is 0 Å². The number of hydrogen-bond donors (Lipinski definition) is 2. The zero-order valence-corrected chi connectivity index (χ0v) is 16.4. The molecule has 1 aliphatic heterocycles. The van der Waals surface area contributed by atoms with Crippen LogP contribution in [0, 0.1) is 13.8 Å². The van der Waals surface area contributed by atoms with Crippen LogP contribution in [0.25, 0.3) is 0 Å². The zero-order chi connectivity index (χ0) is 20.1. The first-order chi connectivity index (χ1) is 13.4. The maximum Gasteiger partial charge on any atom is 0.318 e. The van der Waals surface area contributed by atoms with E-state index in [2.05, 4.69) is 42.3 Å². The van der Waals surface area contributed by atoms with E-state index in [-0.39, 0.29) is 12.5 Å². The van der Waals surface area contributed by atoms with E-state index in [1.54, 1.807) is 4.90 Å². The average Bonchev–Trinajstić information content (AvgIpc) is 2.70. The summed E-state index contributed by atoms with van der Waals surface area (Å²) in [5.41, 5.74) is 4.47. The summed E-state index contributed by atoms with van der Waals surface area (Å²) < 4.78 is 0. The normalized spacial score (nSPS) is 15.2. The van der Waals surface area contributed by atoms with Crippen LogP contribution in [-0.4, -0.2) is 48.2 Å². The number of nitrogens with zero attached hydrogens (tertiary/aromatic N) is 2. The van der Waals surface area contributed by atoms with Crippen molar-refractivity contribution in [3.63, 3.8) is 0 Å². The van der Waals surface area contributed by atoms with Crippen molar-refractivity contribution in [2.75, 3.05) is 31.1 Å². The highest BCUT2D eigenvalue weighted by molar-refractivity contribution is 5.76. The number of benzene rings is 2. The first kappa shape index (κ1) is 19.7. The van der Waals surface area contributed by atoms with Gasteiger partial charge < -0.3 is 20.2 Å². The highest BCUT2D eigenvalue weighted by atomic mass is 16.4. The fraction of sp³-hybridized carbons (Fsp3) is 0.364. The minimum Gasteiger partial charge on any atom is -0.481 e. The van der Waals surface area contributed by atoms with Gasteiger partial charge in [0.2, 0.25) is 0 Å². The Morgan fingerprint density at radius 3 is 2.36 bits per heavy atom. The molecule has 2 N–H and O–H groups in total. The third kappa shape index (κ3) is 4.82. The first-order valence-corrected chi connectivity index (χ1v) is 9.58. The molecular weight excluding hydrogens is 354 g/mol. The van der Waals surface area contributed by atoms with E-state index in [4.69, 9.17) is 0 Å². The molecule has 6 heteroatoms.